The van der Waals surface area contributed by atoms with E-state index in [-0.39, 0.29) is 17.9 Å². The van der Waals surface area contributed by atoms with Gasteiger partial charge in [-0.15, -0.1) is 0 Å². The largest absolute Gasteiger partial charge is 0.391 e. The summed E-state index contributed by atoms with van der Waals surface area (Å²) in [4.78, 5) is 18.8. The zero-order chi connectivity index (χ0) is 22.9. The standard InChI is InChI=1S/C25H22F2N4O2/c26-19-7-8-22(27)18(12-19)10-15-11-21-23(29-30-24(21)28-13-15)16-3-5-17(6-4-16)25(33)31-9-1-2-20(32)14-31/h3-8,11-13,20,32H,1-2,9-10,14H2,(H,28,29,30). The summed E-state index contributed by atoms with van der Waals surface area (Å²) in [5.74, 6) is -1.06. The Hall–Kier alpha value is -3.65. The second kappa shape index (κ2) is 8.71. The quantitative estimate of drug-likeness (QED) is 0.493. The summed E-state index contributed by atoms with van der Waals surface area (Å²) in [6, 6.07) is 12.4. The Morgan fingerprint density at radius 3 is 2.76 bits per heavy atom. The van der Waals surface area contributed by atoms with Crippen molar-refractivity contribution >= 4 is 16.9 Å². The van der Waals surface area contributed by atoms with Crippen LogP contribution in [0.4, 0.5) is 8.78 Å². The number of benzene rings is 2. The van der Waals surface area contributed by atoms with E-state index in [2.05, 4.69) is 15.2 Å². The smallest absolute Gasteiger partial charge is 0.253 e. The normalized spacial score (nSPS) is 16.3. The number of aliphatic hydroxyl groups is 1. The molecule has 2 aromatic carbocycles. The van der Waals surface area contributed by atoms with Crippen molar-refractivity contribution in [2.24, 2.45) is 0 Å². The molecule has 1 atom stereocenters. The summed E-state index contributed by atoms with van der Waals surface area (Å²) in [6.07, 6.45) is 2.84. The van der Waals surface area contributed by atoms with Gasteiger partial charge >= 0.3 is 0 Å². The van der Waals surface area contributed by atoms with Crippen LogP contribution in [-0.2, 0) is 6.42 Å². The lowest BCUT2D eigenvalue weighted by molar-refractivity contribution is 0.0474. The molecule has 8 heteroatoms. The number of pyridine rings is 1. The molecular formula is C25H22F2N4O2. The molecule has 4 aromatic rings. The highest BCUT2D eigenvalue weighted by molar-refractivity contribution is 5.96. The summed E-state index contributed by atoms with van der Waals surface area (Å²) >= 11 is 0. The Labute approximate surface area is 188 Å². The van der Waals surface area contributed by atoms with Gasteiger partial charge in [-0.2, -0.15) is 5.10 Å². The van der Waals surface area contributed by atoms with Crippen molar-refractivity contribution in [2.75, 3.05) is 13.1 Å². The van der Waals surface area contributed by atoms with E-state index in [0.29, 0.717) is 24.3 Å². The Bertz CT molecular complexity index is 1320. The van der Waals surface area contributed by atoms with E-state index in [0.717, 1.165) is 47.2 Å². The Balaban J connectivity index is 1.41. The molecule has 0 saturated carbocycles. The van der Waals surface area contributed by atoms with Crippen LogP contribution < -0.4 is 0 Å². The van der Waals surface area contributed by atoms with Crippen molar-refractivity contribution in [3.63, 3.8) is 0 Å². The Kier molecular flexibility index (Phi) is 5.60. The molecule has 6 nitrogen and oxygen atoms in total. The van der Waals surface area contributed by atoms with Crippen LogP contribution in [0.3, 0.4) is 0 Å². The van der Waals surface area contributed by atoms with Crippen molar-refractivity contribution in [3.8, 4) is 11.3 Å². The number of rotatable bonds is 4. The molecule has 1 unspecified atom stereocenters. The predicted molar refractivity (Wildman–Crippen MR) is 120 cm³/mol. The van der Waals surface area contributed by atoms with Crippen LogP contribution >= 0.6 is 0 Å². The molecule has 1 aliphatic rings. The number of carbonyl (C=O) groups excluding carboxylic acids is 1. The zero-order valence-corrected chi connectivity index (χ0v) is 17.8. The summed E-state index contributed by atoms with van der Waals surface area (Å²) in [6.45, 7) is 0.995. The van der Waals surface area contributed by atoms with Crippen LogP contribution in [0.1, 0.15) is 34.3 Å². The molecule has 168 valence electrons. The maximum atomic E-state index is 14.1. The lowest BCUT2D eigenvalue weighted by atomic mass is 10.0. The molecule has 1 amide bonds. The fraction of sp³-hybridized carbons (Fsp3) is 0.240. The highest BCUT2D eigenvalue weighted by Gasteiger charge is 2.23. The summed E-state index contributed by atoms with van der Waals surface area (Å²) in [5, 5.41) is 17.8. The maximum Gasteiger partial charge on any atom is 0.253 e. The number of amides is 1. The monoisotopic (exact) mass is 448 g/mol. The molecule has 33 heavy (non-hydrogen) atoms. The first kappa shape index (κ1) is 21.2. The van der Waals surface area contributed by atoms with Gasteiger partial charge in [0, 0.05) is 42.2 Å². The Morgan fingerprint density at radius 1 is 1.15 bits per heavy atom. The van der Waals surface area contributed by atoms with Crippen molar-refractivity contribution in [2.45, 2.75) is 25.4 Å². The van der Waals surface area contributed by atoms with E-state index in [1.165, 1.54) is 6.07 Å². The van der Waals surface area contributed by atoms with Gasteiger partial charge in [-0.25, -0.2) is 13.8 Å². The van der Waals surface area contributed by atoms with Crippen molar-refractivity contribution in [3.05, 3.63) is 83.1 Å². The average molecular weight is 448 g/mol. The molecule has 1 aliphatic heterocycles. The van der Waals surface area contributed by atoms with Gasteiger partial charge in [0.25, 0.3) is 5.91 Å². The molecule has 5 rings (SSSR count). The number of nitrogens with zero attached hydrogens (tertiary/aromatic N) is 3. The fourth-order valence-corrected chi connectivity index (χ4v) is 4.26. The minimum Gasteiger partial charge on any atom is -0.391 e. The van der Waals surface area contributed by atoms with Crippen molar-refractivity contribution in [1.29, 1.82) is 0 Å². The number of aromatic amines is 1. The van der Waals surface area contributed by atoms with Crippen LogP contribution in [0, 0.1) is 11.6 Å². The average Bonchev–Trinajstić information content (AvgIpc) is 3.24. The number of carbonyl (C=O) groups is 1. The molecule has 0 radical (unpaired) electrons. The van der Waals surface area contributed by atoms with Crippen molar-refractivity contribution < 1.29 is 18.7 Å². The maximum absolute atomic E-state index is 14.1. The molecule has 0 aliphatic carbocycles. The molecule has 0 bridgehead atoms. The molecular weight excluding hydrogens is 426 g/mol. The molecule has 0 spiro atoms. The van der Waals surface area contributed by atoms with Gasteiger partial charge in [0.15, 0.2) is 5.65 Å². The predicted octanol–water partition coefficient (Wildman–Crippen LogP) is 4.09. The number of H-pyrrole nitrogens is 1. The molecule has 1 saturated heterocycles. The minimum absolute atomic E-state index is 0.101. The molecule has 2 aromatic heterocycles. The van der Waals surface area contributed by atoms with Gasteiger partial charge < -0.3 is 10.0 Å². The third kappa shape index (κ3) is 4.34. The first-order valence-corrected chi connectivity index (χ1v) is 10.8. The van der Waals surface area contributed by atoms with Crippen LogP contribution in [0.5, 0.6) is 0 Å². The number of β-amino-alcohol motifs (C(OH)–C–C–N with tert-alkyl or cyclic N) is 1. The third-order valence-corrected chi connectivity index (χ3v) is 5.97. The fourth-order valence-electron chi connectivity index (χ4n) is 4.26. The van der Waals surface area contributed by atoms with Gasteiger partial charge in [-0.3, -0.25) is 9.89 Å². The topological polar surface area (TPSA) is 82.1 Å². The van der Waals surface area contributed by atoms with Crippen molar-refractivity contribution in [1.82, 2.24) is 20.1 Å². The summed E-state index contributed by atoms with van der Waals surface area (Å²) in [5.41, 5.74) is 3.60. The molecule has 3 heterocycles. The number of aliphatic hydroxyl groups excluding tert-OH is 1. The van der Waals surface area contributed by atoms with Gasteiger partial charge in [-0.05, 0) is 60.4 Å². The first-order chi connectivity index (χ1) is 16.0. The number of likely N-dealkylation sites (tertiary alicyclic amines) is 1. The molecule has 1 fully saturated rings. The highest BCUT2D eigenvalue weighted by Crippen LogP contribution is 2.27. The lowest BCUT2D eigenvalue weighted by Gasteiger charge is -2.30. The number of halogens is 2. The highest BCUT2D eigenvalue weighted by atomic mass is 19.1. The van der Waals surface area contributed by atoms with Crippen LogP contribution in [-0.4, -0.2) is 50.3 Å². The van der Waals surface area contributed by atoms with Gasteiger partial charge in [0.05, 0.1) is 11.8 Å². The van der Waals surface area contributed by atoms with E-state index in [1.807, 2.05) is 18.2 Å². The lowest BCUT2D eigenvalue weighted by Crippen LogP contribution is -2.42. The van der Waals surface area contributed by atoms with E-state index in [4.69, 9.17) is 0 Å². The Morgan fingerprint density at radius 2 is 1.97 bits per heavy atom. The van der Waals surface area contributed by atoms with Gasteiger partial charge in [-0.1, -0.05) is 12.1 Å². The number of fused-ring (bicyclic) bond motifs is 1. The number of piperidine rings is 1. The second-order valence-corrected chi connectivity index (χ2v) is 8.35. The van der Waals surface area contributed by atoms with E-state index in [9.17, 15) is 18.7 Å². The van der Waals surface area contributed by atoms with Gasteiger partial charge in [0.1, 0.15) is 11.6 Å². The summed E-state index contributed by atoms with van der Waals surface area (Å²) in [7, 11) is 0. The summed E-state index contributed by atoms with van der Waals surface area (Å²) < 4.78 is 27.6. The number of nitrogens with one attached hydrogen (secondary N) is 1. The number of hydrogen-bond donors (Lipinski definition) is 2. The zero-order valence-electron chi connectivity index (χ0n) is 17.8. The van der Waals surface area contributed by atoms with Crippen LogP contribution in [0.2, 0.25) is 0 Å². The molecule has 2 N–H and O–H groups in total. The van der Waals surface area contributed by atoms with Crippen LogP contribution in [0.25, 0.3) is 22.3 Å². The first-order valence-electron chi connectivity index (χ1n) is 10.8. The van der Waals surface area contributed by atoms with Crippen LogP contribution in [0.15, 0.2) is 54.7 Å². The van der Waals surface area contributed by atoms with E-state index < -0.39 is 17.7 Å². The number of aromatic nitrogens is 3. The second-order valence-electron chi connectivity index (χ2n) is 8.35. The SMILES string of the molecule is O=C(c1ccc(-c2[nH]nc3ncc(Cc4cc(F)ccc4F)cc23)cc1)N1CCCC(O)C1. The van der Waals surface area contributed by atoms with E-state index in [1.54, 1.807) is 23.2 Å². The minimum atomic E-state index is -0.488. The third-order valence-electron chi connectivity index (χ3n) is 5.97. The number of hydrogen-bond acceptors (Lipinski definition) is 4. The van der Waals surface area contributed by atoms with Gasteiger partial charge in [0.2, 0.25) is 0 Å². The van der Waals surface area contributed by atoms with E-state index >= 15 is 0 Å².